The zero-order valence-electron chi connectivity index (χ0n) is 13.6. The Labute approximate surface area is 147 Å². The Kier molecular flexibility index (Phi) is 5.44. The van der Waals surface area contributed by atoms with E-state index in [0.717, 1.165) is 10.6 Å². The molecule has 0 unspecified atom stereocenters. The van der Waals surface area contributed by atoms with Crippen molar-refractivity contribution in [3.63, 3.8) is 0 Å². The Morgan fingerprint density at radius 2 is 2.08 bits per heavy atom. The van der Waals surface area contributed by atoms with Gasteiger partial charge in [-0.25, -0.2) is 4.68 Å². The van der Waals surface area contributed by atoms with Crippen LogP contribution in [-0.2, 0) is 6.54 Å². The average Bonchev–Trinajstić information content (AvgIpc) is 3.30. The first kappa shape index (κ1) is 17.2. The van der Waals surface area contributed by atoms with E-state index in [1.165, 1.54) is 22.2 Å². The molecule has 1 atom stereocenters. The van der Waals surface area contributed by atoms with Crippen LogP contribution in [0, 0.1) is 0 Å². The number of hydrogen-bond donors (Lipinski definition) is 1. The van der Waals surface area contributed by atoms with Gasteiger partial charge in [-0.2, -0.15) is 0 Å². The largest absolute Gasteiger partial charge is 0.344 e. The van der Waals surface area contributed by atoms with Crippen LogP contribution in [-0.4, -0.2) is 37.8 Å². The highest BCUT2D eigenvalue weighted by molar-refractivity contribution is 7.14. The molecular formula is C16H17FN6OS. The topological polar surface area (TPSA) is 85.6 Å². The quantitative estimate of drug-likeness (QED) is 0.700. The van der Waals surface area contributed by atoms with Crippen LogP contribution in [0.5, 0.6) is 0 Å². The number of benzene rings is 1. The summed E-state index contributed by atoms with van der Waals surface area (Å²) in [6.45, 7) is 1.64. The van der Waals surface area contributed by atoms with Crippen molar-refractivity contribution >= 4 is 17.2 Å². The molecule has 1 N–H and O–H groups in total. The highest BCUT2D eigenvalue weighted by Gasteiger charge is 2.14. The Morgan fingerprint density at radius 3 is 2.84 bits per heavy atom. The van der Waals surface area contributed by atoms with Gasteiger partial charge >= 0.3 is 0 Å². The maximum atomic E-state index is 12.4. The molecule has 1 aromatic carbocycles. The molecule has 25 heavy (non-hydrogen) atoms. The fraction of sp³-hybridized carbons (Fsp3) is 0.312. The van der Waals surface area contributed by atoms with Crippen LogP contribution < -0.4 is 5.32 Å². The molecule has 130 valence electrons. The minimum absolute atomic E-state index is 0.143. The molecule has 0 saturated carbocycles. The third kappa shape index (κ3) is 4.24. The van der Waals surface area contributed by atoms with E-state index in [0.29, 0.717) is 11.4 Å². The molecular weight excluding hydrogens is 343 g/mol. The molecule has 1 amide bonds. The minimum Gasteiger partial charge on any atom is -0.344 e. The number of amides is 1. The Bertz CT molecular complexity index is 834. The van der Waals surface area contributed by atoms with E-state index < -0.39 is 6.67 Å². The standard InChI is InChI=1S/C16H17FN6OS/c1-11(7-8-17)23-10-13(19-22-23)15(24)18-9-14-20-21-16(25-14)12-5-3-2-4-6-12/h2-6,10-11H,7-9H2,1H3,(H,18,24)/t11-/m1/s1. The summed E-state index contributed by atoms with van der Waals surface area (Å²) in [5.41, 5.74) is 1.18. The molecule has 0 saturated heterocycles. The molecule has 3 aromatic rings. The fourth-order valence-electron chi connectivity index (χ4n) is 2.16. The number of halogens is 1. The molecule has 0 aliphatic rings. The summed E-state index contributed by atoms with van der Waals surface area (Å²) in [5.74, 6) is -0.352. The second-order valence-corrected chi connectivity index (χ2v) is 6.52. The predicted molar refractivity (Wildman–Crippen MR) is 91.8 cm³/mol. The summed E-state index contributed by atoms with van der Waals surface area (Å²) in [7, 11) is 0. The lowest BCUT2D eigenvalue weighted by Crippen LogP contribution is -2.23. The monoisotopic (exact) mass is 360 g/mol. The average molecular weight is 360 g/mol. The van der Waals surface area contributed by atoms with Crippen molar-refractivity contribution in [3.05, 3.63) is 47.2 Å². The molecule has 0 spiro atoms. The first-order chi connectivity index (χ1) is 12.2. The van der Waals surface area contributed by atoms with Crippen LogP contribution in [0.3, 0.4) is 0 Å². The number of aromatic nitrogens is 5. The van der Waals surface area contributed by atoms with Crippen LogP contribution in [0.15, 0.2) is 36.5 Å². The summed E-state index contributed by atoms with van der Waals surface area (Å²) in [5, 5.41) is 20.2. The minimum atomic E-state index is -0.441. The van der Waals surface area contributed by atoms with Gasteiger partial charge in [-0.15, -0.1) is 15.3 Å². The summed E-state index contributed by atoms with van der Waals surface area (Å²) >= 11 is 1.42. The first-order valence-corrected chi connectivity index (χ1v) is 8.63. The Balaban J connectivity index is 1.59. The van der Waals surface area contributed by atoms with Gasteiger partial charge in [-0.3, -0.25) is 9.18 Å². The van der Waals surface area contributed by atoms with Crippen LogP contribution >= 0.6 is 11.3 Å². The molecule has 0 radical (unpaired) electrons. The van der Waals surface area contributed by atoms with Crippen molar-refractivity contribution in [2.45, 2.75) is 25.9 Å². The van der Waals surface area contributed by atoms with E-state index in [9.17, 15) is 9.18 Å². The molecule has 0 aliphatic heterocycles. The van der Waals surface area contributed by atoms with Crippen LogP contribution in [0.1, 0.15) is 34.9 Å². The van der Waals surface area contributed by atoms with Crippen LogP contribution in [0.2, 0.25) is 0 Å². The van der Waals surface area contributed by atoms with Gasteiger partial charge in [0.2, 0.25) is 0 Å². The van der Waals surface area contributed by atoms with Crippen molar-refractivity contribution in [1.82, 2.24) is 30.5 Å². The lowest BCUT2D eigenvalue weighted by molar-refractivity contribution is 0.0945. The molecule has 7 nitrogen and oxygen atoms in total. The van der Waals surface area contributed by atoms with Crippen molar-refractivity contribution in [1.29, 1.82) is 0 Å². The third-order valence-corrected chi connectivity index (χ3v) is 4.58. The van der Waals surface area contributed by atoms with E-state index in [1.807, 2.05) is 37.3 Å². The lowest BCUT2D eigenvalue weighted by atomic mass is 10.2. The first-order valence-electron chi connectivity index (χ1n) is 7.81. The zero-order valence-corrected chi connectivity index (χ0v) is 14.4. The number of nitrogens with zero attached hydrogens (tertiary/aromatic N) is 5. The van der Waals surface area contributed by atoms with Gasteiger partial charge in [0, 0.05) is 5.56 Å². The van der Waals surface area contributed by atoms with Gasteiger partial charge in [-0.05, 0) is 13.3 Å². The van der Waals surface area contributed by atoms with E-state index in [2.05, 4.69) is 25.8 Å². The molecule has 9 heteroatoms. The van der Waals surface area contributed by atoms with E-state index in [4.69, 9.17) is 0 Å². The highest BCUT2D eigenvalue weighted by atomic mass is 32.1. The van der Waals surface area contributed by atoms with Crippen molar-refractivity contribution in [2.75, 3.05) is 6.67 Å². The second kappa shape index (κ2) is 7.93. The zero-order chi connectivity index (χ0) is 17.6. The molecule has 0 fully saturated rings. The van der Waals surface area contributed by atoms with Crippen molar-refractivity contribution < 1.29 is 9.18 Å². The van der Waals surface area contributed by atoms with Crippen molar-refractivity contribution in [3.8, 4) is 10.6 Å². The van der Waals surface area contributed by atoms with Gasteiger partial charge < -0.3 is 5.32 Å². The van der Waals surface area contributed by atoms with Gasteiger partial charge in [-0.1, -0.05) is 46.9 Å². The number of alkyl halides is 1. The number of carbonyl (C=O) groups is 1. The van der Waals surface area contributed by atoms with E-state index in [-0.39, 0.29) is 24.2 Å². The molecule has 3 rings (SSSR count). The second-order valence-electron chi connectivity index (χ2n) is 5.46. The normalized spacial score (nSPS) is 12.1. The van der Waals surface area contributed by atoms with Crippen molar-refractivity contribution in [2.24, 2.45) is 0 Å². The molecule has 2 heterocycles. The number of hydrogen-bond acceptors (Lipinski definition) is 6. The van der Waals surface area contributed by atoms with Gasteiger partial charge in [0.05, 0.1) is 25.5 Å². The van der Waals surface area contributed by atoms with Crippen LogP contribution in [0.4, 0.5) is 4.39 Å². The fourth-order valence-corrected chi connectivity index (χ4v) is 2.94. The Hall–Kier alpha value is -2.68. The van der Waals surface area contributed by atoms with Crippen LogP contribution in [0.25, 0.3) is 10.6 Å². The number of carbonyl (C=O) groups excluding carboxylic acids is 1. The molecule has 0 bridgehead atoms. The SMILES string of the molecule is C[C@H](CCF)n1cc(C(=O)NCc2nnc(-c3ccccc3)s2)nn1. The maximum Gasteiger partial charge on any atom is 0.273 e. The summed E-state index contributed by atoms with van der Waals surface area (Å²) in [6, 6.07) is 9.58. The third-order valence-electron chi connectivity index (χ3n) is 3.61. The summed E-state index contributed by atoms with van der Waals surface area (Å²) in [6.07, 6.45) is 1.85. The van der Waals surface area contributed by atoms with Gasteiger partial charge in [0.15, 0.2) is 5.69 Å². The smallest absolute Gasteiger partial charge is 0.273 e. The lowest BCUT2D eigenvalue weighted by Gasteiger charge is -2.07. The molecule has 0 aliphatic carbocycles. The maximum absolute atomic E-state index is 12.4. The summed E-state index contributed by atoms with van der Waals surface area (Å²) in [4.78, 5) is 12.1. The highest BCUT2D eigenvalue weighted by Crippen LogP contribution is 2.22. The molecule has 2 aromatic heterocycles. The van der Waals surface area contributed by atoms with E-state index >= 15 is 0 Å². The summed E-state index contributed by atoms with van der Waals surface area (Å²) < 4.78 is 13.9. The number of nitrogens with one attached hydrogen (secondary N) is 1. The van der Waals surface area contributed by atoms with E-state index in [1.54, 1.807) is 0 Å². The number of rotatable bonds is 7. The Morgan fingerprint density at radius 1 is 1.28 bits per heavy atom. The van der Waals surface area contributed by atoms with Gasteiger partial charge in [0.25, 0.3) is 5.91 Å². The van der Waals surface area contributed by atoms with Gasteiger partial charge in [0.1, 0.15) is 10.0 Å². The predicted octanol–water partition coefficient (Wildman–Crippen LogP) is 2.65.